The molecule has 2 spiro atoms. The van der Waals surface area contributed by atoms with Crippen LogP contribution in [-0.4, -0.2) is 79.2 Å². The molecule has 9 N–H and O–H groups in total. The number of nitrogens with zero attached hydrogens (tertiary/aromatic N) is 4. The van der Waals surface area contributed by atoms with Gasteiger partial charge in [-0.05, 0) is 65.8 Å². The Hall–Kier alpha value is -2.27. The lowest BCUT2D eigenvalue weighted by Gasteiger charge is -2.51. The molecular weight excluding hydrogens is 727 g/mol. The zero-order valence-electron chi connectivity index (χ0n) is 19.8. The number of nitrogens with one attached hydrogen (secondary N) is 4. The van der Waals surface area contributed by atoms with E-state index in [4.69, 9.17) is 28.1 Å². The van der Waals surface area contributed by atoms with Crippen LogP contribution in [0.25, 0.3) is 0 Å². The highest BCUT2D eigenvalue weighted by atomic mass is 79.9. The standard InChI is InChI=1S/C22H22Br3ClN10O3/c23-6-1-11-16(38)36-5-8-7(3-29-15(37)10-2-9(24)14(25)30-10)13(26)21(18(39)32-20(28)33-21)12(8)22(36)17(35(11)4-6)31-19(27)34-22/h1-2,4,7-8,12-13,17-18,30,39H,3,5H2,(H,29,37)(H3,27,31,34)(H3,28,32,33)/t7-,8-,12-,13-,17-,18-,21-,22+/m1/s1. The summed E-state index contributed by atoms with van der Waals surface area (Å²) in [5.41, 5.74) is 10.8. The van der Waals surface area contributed by atoms with Crippen molar-refractivity contribution in [3.05, 3.63) is 43.3 Å². The maximum atomic E-state index is 13.9. The van der Waals surface area contributed by atoms with Crippen molar-refractivity contribution in [1.29, 1.82) is 0 Å². The molecule has 7 rings (SSSR count). The second kappa shape index (κ2) is 8.38. The van der Waals surface area contributed by atoms with E-state index in [1.54, 1.807) is 27.8 Å². The van der Waals surface area contributed by atoms with E-state index < -0.39 is 34.9 Å². The van der Waals surface area contributed by atoms with Crippen LogP contribution in [0.2, 0.25) is 0 Å². The number of nitrogens with two attached hydrogens (primary N) is 2. The lowest BCUT2D eigenvalue weighted by molar-refractivity contribution is -0.0269. The Morgan fingerprint density at radius 2 is 1.97 bits per heavy atom. The number of hydrogen-bond acceptors (Lipinski definition) is 9. The van der Waals surface area contributed by atoms with Crippen LogP contribution in [0.3, 0.4) is 0 Å². The predicted molar refractivity (Wildman–Crippen MR) is 152 cm³/mol. The first-order valence-corrected chi connectivity index (χ1v) is 14.9. The van der Waals surface area contributed by atoms with Crippen molar-refractivity contribution in [3.8, 4) is 0 Å². The molecule has 0 radical (unpaired) electrons. The molecule has 8 atom stereocenters. The molecule has 13 nitrogen and oxygen atoms in total. The number of rotatable bonds is 3. The molecular formula is C22H22Br3ClN10O3. The Bertz CT molecular complexity index is 1490. The highest BCUT2D eigenvalue weighted by Gasteiger charge is 2.79. The number of aromatic amines is 1. The van der Waals surface area contributed by atoms with E-state index in [1.165, 1.54) is 0 Å². The van der Waals surface area contributed by atoms with E-state index in [9.17, 15) is 14.7 Å². The van der Waals surface area contributed by atoms with Gasteiger partial charge < -0.3 is 47.0 Å². The first-order chi connectivity index (χ1) is 18.5. The average Bonchev–Trinajstić information content (AvgIpc) is 3.68. The second-order valence-electron chi connectivity index (χ2n) is 10.4. The Kier molecular flexibility index (Phi) is 5.52. The molecule has 17 heteroatoms. The highest BCUT2D eigenvalue weighted by molar-refractivity contribution is 9.13. The van der Waals surface area contributed by atoms with Gasteiger partial charge in [-0.3, -0.25) is 9.59 Å². The monoisotopic (exact) mass is 746 g/mol. The maximum absolute atomic E-state index is 13.9. The van der Waals surface area contributed by atoms with Crippen LogP contribution in [-0.2, 0) is 0 Å². The molecule has 2 fully saturated rings. The van der Waals surface area contributed by atoms with Crippen molar-refractivity contribution in [2.45, 2.75) is 29.0 Å². The lowest BCUT2D eigenvalue weighted by atomic mass is 9.73. The maximum Gasteiger partial charge on any atom is 0.272 e. The number of alkyl halides is 1. The van der Waals surface area contributed by atoms with Crippen LogP contribution in [0, 0.1) is 17.8 Å². The molecule has 0 aromatic carbocycles. The molecule has 1 saturated carbocycles. The third-order valence-corrected chi connectivity index (χ3v) is 11.6. The van der Waals surface area contributed by atoms with Crippen molar-refractivity contribution >= 4 is 83.1 Å². The Balaban J connectivity index is 1.31. The quantitative estimate of drug-likeness (QED) is 0.223. The Morgan fingerprint density at radius 3 is 2.64 bits per heavy atom. The number of aliphatic hydroxyl groups excluding tert-OH is 1. The SMILES string of the molecule is NC1=N[C@H](O)[C@]2(N1)[C@H](Cl)[C@H](CNC(=O)c1cc(Br)c(Br)[nH]1)[C@H]1CN3C(=O)c4cc(Br)cn4[C@H]4N=C(N)N[C@]43[C@H]12. The van der Waals surface area contributed by atoms with Crippen molar-refractivity contribution in [2.24, 2.45) is 39.2 Å². The minimum absolute atomic E-state index is 0.0440. The third-order valence-electron chi connectivity index (χ3n) is 8.67. The minimum Gasteiger partial charge on any atom is -0.370 e. The van der Waals surface area contributed by atoms with Gasteiger partial charge in [0.2, 0.25) is 0 Å². The summed E-state index contributed by atoms with van der Waals surface area (Å²) in [6.07, 6.45) is -0.151. The zero-order valence-corrected chi connectivity index (χ0v) is 25.3. The molecule has 206 valence electrons. The topological polar surface area (TPSA) is 191 Å². The molecule has 0 bridgehead atoms. The number of aliphatic imine (C=N–C) groups is 2. The van der Waals surface area contributed by atoms with E-state index in [-0.39, 0.29) is 48.7 Å². The van der Waals surface area contributed by atoms with Crippen molar-refractivity contribution in [2.75, 3.05) is 13.1 Å². The Morgan fingerprint density at radius 1 is 1.23 bits per heavy atom. The Labute approximate surface area is 251 Å². The number of carbonyl (C=O) groups excluding carboxylic acids is 2. The van der Waals surface area contributed by atoms with E-state index in [0.29, 0.717) is 20.5 Å². The van der Waals surface area contributed by atoms with Gasteiger partial charge in [0.25, 0.3) is 11.8 Å². The summed E-state index contributed by atoms with van der Waals surface area (Å²) < 4.78 is 3.87. The molecule has 2 aromatic rings. The third kappa shape index (κ3) is 3.20. The summed E-state index contributed by atoms with van der Waals surface area (Å²) in [6.45, 7) is 0.466. The fourth-order valence-corrected chi connectivity index (χ4v) is 9.03. The van der Waals surface area contributed by atoms with Gasteiger partial charge in [-0.1, -0.05) is 0 Å². The average molecular weight is 750 g/mol. The van der Waals surface area contributed by atoms with E-state index in [1.807, 2.05) is 0 Å². The molecule has 5 aliphatic rings. The van der Waals surface area contributed by atoms with Gasteiger partial charge >= 0.3 is 0 Å². The lowest BCUT2D eigenvalue weighted by Crippen LogP contribution is -2.74. The van der Waals surface area contributed by atoms with Crippen molar-refractivity contribution < 1.29 is 14.7 Å². The van der Waals surface area contributed by atoms with Gasteiger partial charge in [-0.15, -0.1) is 11.6 Å². The molecule has 0 unspecified atom stereocenters. The number of H-pyrrole nitrogens is 1. The highest BCUT2D eigenvalue weighted by Crippen LogP contribution is 2.63. The first kappa shape index (κ1) is 25.7. The number of carbonyl (C=O) groups is 2. The fraction of sp³-hybridized carbons (Fsp3) is 0.455. The van der Waals surface area contributed by atoms with Gasteiger partial charge in [0, 0.05) is 35.6 Å². The minimum atomic E-state index is -1.31. The summed E-state index contributed by atoms with van der Waals surface area (Å²) in [4.78, 5) is 40.5. The number of aliphatic hydroxyl groups is 1. The normalized spacial score (nSPS) is 37.6. The van der Waals surface area contributed by atoms with Gasteiger partial charge in [-0.25, -0.2) is 9.98 Å². The molecule has 1 saturated heterocycles. The number of halogens is 4. The summed E-state index contributed by atoms with van der Waals surface area (Å²) in [7, 11) is 0. The van der Waals surface area contributed by atoms with E-state index in [2.05, 4.69) is 73.7 Å². The summed E-state index contributed by atoms with van der Waals surface area (Å²) in [5.74, 6) is -1.54. The van der Waals surface area contributed by atoms with E-state index >= 15 is 0 Å². The number of aromatic nitrogens is 2. The van der Waals surface area contributed by atoms with Crippen LogP contribution in [0.1, 0.15) is 27.1 Å². The number of fused-ring (bicyclic) bond motifs is 4. The summed E-state index contributed by atoms with van der Waals surface area (Å²) in [5, 5.41) is 20.1. The predicted octanol–water partition coefficient (Wildman–Crippen LogP) is 0.561. The van der Waals surface area contributed by atoms with Crippen LogP contribution in [0.15, 0.2) is 41.9 Å². The van der Waals surface area contributed by atoms with Crippen LogP contribution >= 0.6 is 59.4 Å². The van der Waals surface area contributed by atoms with Crippen molar-refractivity contribution in [3.63, 3.8) is 0 Å². The van der Waals surface area contributed by atoms with Gasteiger partial charge in [0.15, 0.2) is 30.0 Å². The van der Waals surface area contributed by atoms with E-state index in [0.717, 1.165) is 4.47 Å². The zero-order chi connectivity index (χ0) is 27.6. The molecule has 2 amide bonds. The van der Waals surface area contributed by atoms with Crippen LogP contribution in [0.5, 0.6) is 0 Å². The van der Waals surface area contributed by atoms with Gasteiger partial charge in [0.1, 0.15) is 16.9 Å². The fourth-order valence-electron chi connectivity index (χ4n) is 7.36. The summed E-state index contributed by atoms with van der Waals surface area (Å²) >= 11 is 17.4. The smallest absolute Gasteiger partial charge is 0.272 e. The first-order valence-electron chi connectivity index (χ1n) is 12.1. The van der Waals surface area contributed by atoms with Gasteiger partial charge in [-0.2, -0.15) is 0 Å². The summed E-state index contributed by atoms with van der Waals surface area (Å²) in [6, 6.07) is 3.42. The van der Waals surface area contributed by atoms with Gasteiger partial charge in [0.05, 0.1) is 14.5 Å². The number of amides is 2. The number of hydrogen-bond donors (Lipinski definition) is 7. The second-order valence-corrected chi connectivity index (χ2v) is 13.4. The van der Waals surface area contributed by atoms with Crippen molar-refractivity contribution in [1.82, 2.24) is 30.4 Å². The molecule has 4 aliphatic heterocycles. The van der Waals surface area contributed by atoms with Crippen LogP contribution < -0.4 is 27.4 Å². The molecule has 6 heterocycles. The number of guanidine groups is 2. The van der Waals surface area contributed by atoms with Crippen LogP contribution in [0.4, 0.5) is 0 Å². The largest absolute Gasteiger partial charge is 0.370 e. The molecule has 1 aliphatic carbocycles. The molecule has 39 heavy (non-hydrogen) atoms. The molecule has 2 aromatic heterocycles.